The monoisotopic (exact) mass is 272 g/mol. The number of aliphatic carboxylic acids is 1. The maximum absolute atomic E-state index is 12.2. The second kappa shape index (κ2) is 6.23. The minimum atomic E-state index is -1.01. The lowest BCUT2D eigenvalue weighted by Gasteiger charge is -2.31. The summed E-state index contributed by atoms with van der Waals surface area (Å²) in [5, 5.41) is 11.8. The normalized spacial score (nSPS) is 16.8. The van der Waals surface area contributed by atoms with Crippen molar-refractivity contribution in [2.75, 3.05) is 20.3 Å². The van der Waals surface area contributed by atoms with E-state index in [-0.39, 0.29) is 12.1 Å². The number of hydrogen-bond donors (Lipinski definition) is 2. The van der Waals surface area contributed by atoms with E-state index in [1.165, 1.54) is 0 Å². The highest BCUT2D eigenvalue weighted by atomic mass is 16.5. The number of carbonyl (C=O) groups excluding carboxylic acids is 1. The van der Waals surface area contributed by atoms with Crippen molar-refractivity contribution in [1.82, 2.24) is 10.2 Å². The van der Waals surface area contributed by atoms with Crippen LogP contribution in [0.25, 0.3) is 0 Å². The van der Waals surface area contributed by atoms with Gasteiger partial charge in [0.25, 0.3) is 0 Å². The molecule has 1 fully saturated rings. The van der Waals surface area contributed by atoms with E-state index in [9.17, 15) is 14.7 Å². The second-order valence-corrected chi connectivity index (χ2v) is 6.00. The molecule has 6 heteroatoms. The third kappa shape index (κ3) is 4.70. The number of nitrogens with one attached hydrogen (secondary N) is 1. The Kier molecular flexibility index (Phi) is 5.17. The van der Waals surface area contributed by atoms with Gasteiger partial charge in [0.15, 0.2) is 0 Å². The van der Waals surface area contributed by atoms with Gasteiger partial charge in [0.05, 0.1) is 6.61 Å². The molecule has 0 spiro atoms. The van der Waals surface area contributed by atoms with Crippen LogP contribution in [0.1, 0.15) is 33.6 Å². The van der Waals surface area contributed by atoms with Gasteiger partial charge < -0.3 is 20.1 Å². The van der Waals surface area contributed by atoms with Crippen LogP contribution >= 0.6 is 0 Å². The molecule has 0 aliphatic heterocycles. The van der Waals surface area contributed by atoms with Crippen molar-refractivity contribution in [2.45, 2.75) is 45.7 Å². The van der Waals surface area contributed by atoms with Crippen molar-refractivity contribution in [3.8, 4) is 0 Å². The van der Waals surface area contributed by atoms with E-state index in [0.717, 1.165) is 12.8 Å². The minimum Gasteiger partial charge on any atom is -0.480 e. The summed E-state index contributed by atoms with van der Waals surface area (Å²) in [6.45, 7) is 6.33. The van der Waals surface area contributed by atoms with Gasteiger partial charge in [-0.25, -0.2) is 9.59 Å². The Morgan fingerprint density at radius 1 is 1.42 bits per heavy atom. The summed E-state index contributed by atoms with van der Waals surface area (Å²) in [6, 6.07) is -0.991. The van der Waals surface area contributed by atoms with E-state index in [2.05, 4.69) is 5.32 Å². The highest BCUT2D eigenvalue weighted by molar-refractivity contribution is 5.83. The van der Waals surface area contributed by atoms with E-state index < -0.39 is 17.4 Å². The predicted molar refractivity (Wildman–Crippen MR) is 71.0 cm³/mol. The molecule has 110 valence electrons. The molecule has 0 aromatic heterocycles. The predicted octanol–water partition coefficient (Wildman–Crippen LogP) is 1.31. The summed E-state index contributed by atoms with van der Waals surface area (Å²) in [4.78, 5) is 25.1. The van der Waals surface area contributed by atoms with Crippen LogP contribution < -0.4 is 5.32 Å². The average molecular weight is 272 g/mol. The van der Waals surface area contributed by atoms with Gasteiger partial charge in [-0.1, -0.05) is 20.8 Å². The van der Waals surface area contributed by atoms with E-state index >= 15 is 0 Å². The SMILES string of the molecule is COCCN(C(=O)NC(C(=O)O)C(C)(C)C)C1CC1. The first-order valence-corrected chi connectivity index (χ1v) is 6.56. The number of urea groups is 1. The number of nitrogens with zero attached hydrogens (tertiary/aromatic N) is 1. The standard InChI is InChI=1S/C13H24N2O4/c1-13(2,3)10(11(16)17)14-12(18)15(7-8-19-4)9-5-6-9/h9-10H,5-8H2,1-4H3,(H,14,18)(H,16,17). The number of carboxylic acids is 1. The van der Waals surface area contributed by atoms with Crippen molar-refractivity contribution in [3.63, 3.8) is 0 Å². The fraction of sp³-hybridized carbons (Fsp3) is 0.846. The Morgan fingerprint density at radius 2 is 2.00 bits per heavy atom. The van der Waals surface area contributed by atoms with Gasteiger partial charge in [-0.15, -0.1) is 0 Å². The lowest BCUT2D eigenvalue weighted by Crippen LogP contribution is -2.54. The van der Waals surface area contributed by atoms with Crippen molar-refractivity contribution < 1.29 is 19.4 Å². The first-order valence-electron chi connectivity index (χ1n) is 6.56. The topological polar surface area (TPSA) is 78.9 Å². The highest BCUT2D eigenvalue weighted by Gasteiger charge is 2.37. The third-order valence-electron chi connectivity index (χ3n) is 3.17. The molecular formula is C13H24N2O4. The molecule has 1 atom stereocenters. The maximum atomic E-state index is 12.2. The van der Waals surface area contributed by atoms with E-state index in [4.69, 9.17) is 4.74 Å². The third-order valence-corrected chi connectivity index (χ3v) is 3.17. The van der Waals surface area contributed by atoms with E-state index in [1.54, 1.807) is 32.8 Å². The molecule has 0 heterocycles. The number of amides is 2. The first kappa shape index (κ1) is 15.8. The van der Waals surface area contributed by atoms with Gasteiger partial charge in [0.1, 0.15) is 6.04 Å². The van der Waals surface area contributed by atoms with Crippen molar-refractivity contribution in [3.05, 3.63) is 0 Å². The van der Waals surface area contributed by atoms with Crippen LogP contribution in [0.2, 0.25) is 0 Å². The average Bonchev–Trinajstić information content (AvgIpc) is 3.08. The maximum Gasteiger partial charge on any atom is 0.326 e. The zero-order valence-corrected chi connectivity index (χ0v) is 12.1. The molecule has 1 unspecified atom stereocenters. The Bertz CT molecular complexity index is 334. The van der Waals surface area contributed by atoms with Crippen LogP contribution in [0.4, 0.5) is 4.79 Å². The van der Waals surface area contributed by atoms with Gasteiger partial charge in [0, 0.05) is 19.7 Å². The summed E-state index contributed by atoms with van der Waals surface area (Å²) >= 11 is 0. The number of methoxy groups -OCH3 is 1. The van der Waals surface area contributed by atoms with Crippen molar-refractivity contribution in [1.29, 1.82) is 0 Å². The second-order valence-electron chi connectivity index (χ2n) is 6.00. The zero-order valence-electron chi connectivity index (χ0n) is 12.1. The highest BCUT2D eigenvalue weighted by Crippen LogP contribution is 2.27. The van der Waals surface area contributed by atoms with E-state index in [0.29, 0.717) is 13.2 Å². The van der Waals surface area contributed by atoms with Gasteiger partial charge in [-0.2, -0.15) is 0 Å². The molecule has 19 heavy (non-hydrogen) atoms. The Morgan fingerprint density at radius 3 is 2.37 bits per heavy atom. The smallest absolute Gasteiger partial charge is 0.326 e. The molecule has 1 rings (SSSR count). The Balaban J connectivity index is 2.66. The molecule has 2 amide bonds. The zero-order chi connectivity index (χ0) is 14.6. The largest absolute Gasteiger partial charge is 0.480 e. The number of rotatable bonds is 6. The van der Waals surface area contributed by atoms with Gasteiger partial charge in [-0.3, -0.25) is 0 Å². The lowest BCUT2D eigenvalue weighted by atomic mass is 9.87. The summed E-state index contributed by atoms with van der Waals surface area (Å²) in [7, 11) is 1.58. The molecule has 0 aromatic carbocycles. The van der Waals surface area contributed by atoms with Crippen LogP contribution in [0.5, 0.6) is 0 Å². The summed E-state index contributed by atoms with van der Waals surface area (Å²) < 4.78 is 4.98. The van der Waals surface area contributed by atoms with Crippen LogP contribution in [-0.2, 0) is 9.53 Å². The number of hydrogen-bond acceptors (Lipinski definition) is 3. The molecule has 6 nitrogen and oxygen atoms in total. The molecule has 2 N–H and O–H groups in total. The lowest BCUT2D eigenvalue weighted by molar-refractivity contribution is -0.142. The molecule has 1 aliphatic carbocycles. The fourth-order valence-electron chi connectivity index (χ4n) is 1.88. The molecule has 0 bridgehead atoms. The van der Waals surface area contributed by atoms with Crippen LogP contribution in [-0.4, -0.2) is 54.4 Å². The van der Waals surface area contributed by atoms with Gasteiger partial charge >= 0.3 is 12.0 Å². The van der Waals surface area contributed by atoms with E-state index in [1.807, 2.05) is 0 Å². The van der Waals surface area contributed by atoms with Crippen molar-refractivity contribution >= 4 is 12.0 Å². The fourth-order valence-corrected chi connectivity index (χ4v) is 1.88. The van der Waals surface area contributed by atoms with Crippen LogP contribution in [0, 0.1) is 5.41 Å². The number of carboxylic acid groups (broad SMARTS) is 1. The number of carbonyl (C=O) groups is 2. The Hall–Kier alpha value is -1.30. The van der Waals surface area contributed by atoms with Crippen molar-refractivity contribution in [2.24, 2.45) is 5.41 Å². The summed E-state index contributed by atoms with van der Waals surface area (Å²) in [5.41, 5.74) is -0.530. The first-order chi connectivity index (χ1) is 8.77. The molecular weight excluding hydrogens is 248 g/mol. The molecule has 0 aromatic rings. The van der Waals surface area contributed by atoms with Gasteiger partial charge in [0.2, 0.25) is 0 Å². The quantitative estimate of drug-likeness (QED) is 0.764. The number of ether oxygens (including phenoxy) is 1. The molecule has 1 saturated carbocycles. The summed E-state index contributed by atoms with van der Waals surface area (Å²) in [6.07, 6.45) is 1.95. The van der Waals surface area contributed by atoms with Gasteiger partial charge in [-0.05, 0) is 18.3 Å². The molecule has 1 aliphatic rings. The minimum absolute atomic E-state index is 0.226. The van der Waals surface area contributed by atoms with Crippen LogP contribution in [0.3, 0.4) is 0 Å². The Labute approximate surface area is 114 Å². The molecule has 0 saturated heterocycles. The van der Waals surface area contributed by atoms with Crippen LogP contribution in [0.15, 0.2) is 0 Å². The molecule has 0 radical (unpaired) electrons. The summed E-state index contributed by atoms with van der Waals surface area (Å²) in [5.74, 6) is -1.01.